The summed E-state index contributed by atoms with van der Waals surface area (Å²) in [5.41, 5.74) is -0.0804. The molecule has 2 fully saturated rings. The third-order valence-corrected chi connectivity index (χ3v) is 5.60. The van der Waals surface area contributed by atoms with Crippen LogP contribution < -0.4 is 20.7 Å². The molecule has 2 aliphatic carbocycles. The molecule has 1 aromatic carbocycles. The molecule has 3 aromatic rings. The lowest BCUT2D eigenvalue weighted by Gasteiger charge is -2.09. The molecule has 2 heterocycles. The van der Waals surface area contributed by atoms with Gasteiger partial charge in [0.1, 0.15) is 0 Å². The van der Waals surface area contributed by atoms with Gasteiger partial charge < -0.3 is 14.5 Å². The lowest BCUT2D eigenvalue weighted by atomic mass is 10.3. The Morgan fingerprint density at radius 1 is 1.21 bits per heavy atom. The zero-order valence-corrected chi connectivity index (χ0v) is 17.9. The Bertz CT molecular complexity index is 1430. The summed E-state index contributed by atoms with van der Waals surface area (Å²) in [4.78, 5) is 45.1. The van der Waals surface area contributed by atoms with Crippen LogP contribution in [0.25, 0.3) is 11.2 Å². The fraction of sp³-hybridized carbons (Fsp3) is 0.391. The van der Waals surface area contributed by atoms with E-state index in [1.54, 1.807) is 4.57 Å². The number of hydrogen-bond donors (Lipinski definition) is 1. The normalized spacial score (nSPS) is 15.2. The van der Waals surface area contributed by atoms with E-state index in [1.165, 1.54) is 29.9 Å². The molecule has 170 valence electrons. The van der Waals surface area contributed by atoms with Gasteiger partial charge in [0.25, 0.3) is 5.56 Å². The van der Waals surface area contributed by atoms with Crippen molar-refractivity contribution in [2.45, 2.75) is 50.6 Å². The van der Waals surface area contributed by atoms with Crippen LogP contribution in [0, 0.1) is 17.7 Å². The number of benzene rings is 1. The van der Waals surface area contributed by atoms with E-state index in [1.807, 2.05) is 0 Å². The molecular weight excluding hydrogens is 431 g/mol. The number of esters is 1. The van der Waals surface area contributed by atoms with Crippen molar-refractivity contribution in [1.29, 1.82) is 0 Å². The monoisotopic (exact) mass is 452 g/mol. The molecule has 0 spiro atoms. The molecule has 0 atom stereocenters. The fourth-order valence-corrected chi connectivity index (χ4v) is 3.73. The Kier molecular flexibility index (Phi) is 5.24. The summed E-state index contributed by atoms with van der Waals surface area (Å²) in [6.45, 7) is 0. The molecule has 2 aliphatic rings. The molecule has 0 unspecified atom stereocenters. The lowest BCUT2D eigenvalue weighted by molar-refractivity contribution is -0.134. The molecule has 5 rings (SSSR count). The van der Waals surface area contributed by atoms with Crippen molar-refractivity contribution in [3.63, 3.8) is 0 Å². The summed E-state index contributed by atoms with van der Waals surface area (Å²) < 4.78 is 26.7. The molecule has 0 aliphatic heterocycles. The highest BCUT2D eigenvalue weighted by molar-refractivity contribution is 5.74. The fourth-order valence-electron chi connectivity index (χ4n) is 3.73. The smallest absolute Gasteiger partial charge is 0.333 e. The summed E-state index contributed by atoms with van der Waals surface area (Å²) in [7, 11) is 1.29. The minimum Gasteiger partial charge on any atom is -0.490 e. The molecular formula is C23H21FN4O5. The summed E-state index contributed by atoms with van der Waals surface area (Å²) in [6, 6.07) is 4.08. The first-order valence-electron chi connectivity index (χ1n) is 10.8. The van der Waals surface area contributed by atoms with Gasteiger partial charge in [-0.2, -0.15) is 0 Å². The number of nitrogens with zero attached hydrogens (tertiary/aromatic N) is 3. The van der Waals surface area contributed by atoms with Crippen LogP contribution >= 0.6 is 0 Å². The van der Waals surface area contributed by atoms with Crippen molar-refractivity contribution in [3.8, 4) is 23.3 Å². The Balaban J connectivity index is 1.32. The molecule has 0 saturated heterocycles. The summed E-state index contributed by atoms with van der Waals surface area (Å²) in [6.07, 6.45) is 3.53. The first-order valence-corrected chi connectivity index (χ1v) is 10.8. The summed E-state index contributed by atoms with van der Waals surface area (Å²) >= 11 is 0. The number of para-hydroxylation sites is 1. The van der Waals surface area contributed by atoms with Gasteiger partial charge in [-0.15, -0.1) is 0 Å². The maximum Gasteiger partial charge on any atom is 0.333 e. The highest BCUT2D eigenvalue weighted by atomic mass is 19.1. The van der Waals surface area contributed by atoms with E-state index >= 15 is 0 Å². The number of aromatic amines is 1. The first kappa shape index (κ1) is 21.0. The number of nitrogens with one attached hydrogen (secondary N) is 1. The van der Waals surface area contributed by atoms with Crippen LogP contribution in [-0.2, 0) is 4.79 Å². The molecule has 0 amide bonds. The number of methoxy groups -OCH3 is 1. The number of aromatic nitrogens is 4. The van der Waals surface area contributed by atoms with Crippen molar-refractivity contribution in [3.05, 3.63) is 50.7 Å². The maximum absolute atomic E-state index is 13.7. The minimum atomic E-state index is -0.627. The molecule has 2 aromatic heterocycles. The molecule has 33 heavy (non-hydrogen) atoms. The summed E-state index contributed by atoms with van der Waals surface area (Å²) in [5.74, 6) is 4.53. The van der Waals surface area contributed by atoms with Gasteiger partial charge >= 0.3 is 11.7 Å². The summed E-state index contributed by atoms with van der Waals surface area (Å²) in [5, 5.41) is 0. The van der Waals surface area contributed by atoms with E-state index in [0.29, 0.717) is 5.65 Å². The molecule has 2 saturated carbocycles. The van der Waals surface area contributed by atoms with Crippen LogP contribution in [0.1, 0.15) is 56.4 Å². The number of fused-ring (bicyclic) bond motifs is 1. The van der Waals surface area contributed by atoms with Crippen molar-refractivity contribution in [2.75, 3.05) is 7.11 Å². The molecule has 0 radical (unpaired) electrons. The second-order valence-electron chi connectivity index (χ2n) is 8.12. The van der Waals surface area contributed by atoms with Crippen LogP contribution in [-0.4, -0.2) is 32.2 Å². The average Bonchev–Trinajstić information content (AvgIpc) is 3.71. The van der Waals surface area contributed by atoms with Gasteiger partial charge in [0.15, 0.2) is 34.3 Å². The third kappa shape index (κ3) is 4.02. The quantitative estimate of drug-likeness (QED) is 0.350. The van der Waals surface area contributed by atoms with E-state index in [9.17, 15) is 18.8 Å². The van der Waals surface area contributed by atoms with E-state index in [0.717, 1.165) is 25.7 Å². The molecule has 9 nitrogen and oxygen atoms in total. The Hall–Kier alpha value is -3.87. The predicted molar refractivity (Wildman–Crippen MR) is 116 cm³/mol. The average molecular weight is 452 g/mol. The molecule has 1 N–H and O–H groups in total. The van der Waals surface area contributed by atoms with Crippen LogP contribution in [0.3, 0.4) is 0 Å². The van der Waals surface area contributed by atoms with Gasteiger partial charge in [-0.25, -0.2) is 14.2 Å². The Labute approximate surface area is 187 Å². The van der Waals surface area contributed by atoms with Crippen LogP contribution in [0.4, 0.5) is 4.39 Å². The number of hydrogen-bond acceptors (Lipinski definition) is 6. The van der Waals surface area contributed by atoms with Gasteiger partial charge in [-0.05, 0) is 43.7 Å². The minimum absolute atomic E-state index is 0.00210. The number of H-pyrrole nitrogens is 1. The number of carbonyl (C=O) groups is 1. The number of rotatable bonds is 6. The van der Waals surface area contributed by atoms with Gasteiger partial charge in [0.2, 0.25) is 0 Å². The van der Waals surface area contributed by atoms with Gasteiger partial charge in [-0.1, -0.05) is 12.0 Å². The van der Waals surface area contributed by atoms with E-state index in [-0.39, 0.29) is 59.0 Å². The highest BCUT2D eigenvalue weighted by Crippen LogP contribution is 2.36. The Morgan fingerprint density at radius 3 is 2.64 bits per heavy atom. The van der Waals surface area contributed by atoms with Gasteiger partial charge in [0, 0.05) is 18.5 Å². The van der Waals surface area contributed by atoms with Crippen molar-refractivity contribution < 1.29 is 18.7 Å². The second-order valence-corrected chi connectivity index (χ2v) is 8.12. The molecule has 10 heteroatoms. The lowest BCUT2D eigenvalue weighted by Crippen LogP contribution is -2.39. The third-order valence-electron chi connectivity index (χ3n) is 5.60. The molecule has 0 bridgehead atoms. The highest BCUT2D eigenvalue weighted by Gasteiger charge is 2.34. The Morgan fingerprint density at radius 2 is 1.94 bits per heavy atom. The second kappa shape index (κ2) is 8.24. The van der Waals surface area contributed by atoms with Crippen molar-refractivity contribution >= 4 is 17.1 Å². The number of ether oxygens (including phenoxy) is 2. The van der Waals surface area contributed by atoms with E-state index < -0.39 is 11.8 Å². The van der Waals surface area contributed by atoms with Crippen LogP contribution in [0.2, 0.25) is 0 Å². The zero-order chi connectivity index (χ0) is 23.1. The van der Waals surface area contributed by atoms with Crippen molar-refractivity contribution in [1.82, 2.24) is 19.1 Å². The first-order chi connectivity index (χ1) is 16.0. The number of imidazole rings is 1. The maximum atomic E-state index is 13.7. The van der Waals surface area contributed by atoms with Gasteiger partial charge in [0.05, 0.1) is 13.5 Å². The topological polar surface area (TPSA) is 108 Å². The largest absolute Gasteiger partial charge is 0.490 e. The standard InChI is InChI=1S/C23H21FN4O5/c1-32-20-15(24)5-4-6-16(20)33-18(29)8-3-2-7-17-25-19-21(26-17)27(13-9-10-13)23(31)28(22(19)30)14-11-12-14/h4-6,13-14H,3,8-12H2,1H3,(H,25,26). The van der Waals surface area contributed by atoms with Crippen LogP contribution in [0.5, 0.6) is 11.5 Å². The predicted octanol–water partition coefficient (Wildman–Crippen LogP) is 2.44. The van der Waals surface area contributed by atoms with E-state index in [2.05, 4.69) is 21.8 Å². The van der Waals surface area contributed by atoms with Crippen molar-refractivity contribution in [2.24, 2.45) is 0 Å². The van der Waals surface area contributed by atoms with Crippen LogP contribution in [0.15, 0.2) is 27.8 Å². The number of carbonyl (C=O) groups excluding carboxylic acids is 1. The van der Waals surface area contributed by atoms with Gasteiger partial charge in [-0.3, -0.25) is 18.7 Å². The zero-order valence-electron chi connectivity index (χ0n) is 17.9. The van der Waals surface area contributed by atoms with E-state index in [4.69, 9.17) is 9.47 Å². The SMILES string of the molecule is COc1c(F)cccc1OC(=O)CCC#Cc1nc2c([nH]1)c(=O)n(C1CC1)c(=O)n2C1CC1. The number of halogens is 1.